The molecule has 0 N–H and O–H groups in total. The van der Waals surface area contributed by atoms with Crippen LogP contribution in [0, 0.1) is 0 Å². The van der Waals surface area contributed by atoms with Gasteiger partial charge in [-0.05, 0) is 23.6 Å². The molecular weight excluding hydrogens is 296 g/mol. The fourth-order valence-electron chi connectivity index (χ4n) is 3.06. The summed E-state index contributed by atoms with van der Waals surface area (Å²) in [7, 11) is 0. The van der Waals surface area contributed by atoms with Gasteiger partial charge in [0.2, 0.25) is 0 Å². The first-order valence-electron chi connectivity index (χ1n) is 7.85. The number of rotatable bonds is 5. The second kappa shape index (κ2) is 6.63. The Morgan fingerprint density at radius 3 is 1.33 bits per heavy atom. The molecule has 3 aromatic carbocycles. The molecule has 0 unspecified atom stereocenters. The molecule has 118 valence electrons. The van der Waals surface area contributed by atoms with Gasteiger partial charge in [0.25, 0.3) is 0 Å². The standard InChI is InChI=1S/C22H18O2/c1-22(19-5-3-2-4-6-19,20-11-7-17(15-23)8-12-20)21-13-9-18(16-24)10-14-21/h2-16H,1H3. The van der Waals surface area contributed by atoms with Crippen molar-refractivity contribution in [2.24, 2.45) is 0 Å². The van der Waals surface area contributed by atoms with Crippen LogP contribution in [0.25, 0.3) is 0 Å². The summed E-state index contributed by atoms with van der Waals surface area (Å²) in [5.41, 5.74) is 4.29. The van der Waals surface area contributed by atoms with Gasteiger partial charge in [0.15, 0.2) is 0 Å². The number of hydrogen-bond donors (Lipinski definition) is 0. The van der Waals surface area contributed by atoms with Gasteiger partial charge in [0, 0.05) is 16.5 Å². The van der Waals surface area contributed by atoms with Gasteiger partial charge < -0.3 is 0 Å². The first-order chi connectivity index (χ1) is 11.7. The van der Waals surface area contributed by atoms with Crippen molar-refractivity contribution < 1.29 is 9.59 Å². The normalized spacial score (nSPS) is 11.0. The minimum Gasteiger partial charge on any atom is -0.298 e. The molecule has 2 heteroatoms. The molecule has 0 aromatic heterocycles. The van der Waals surface area contributed by atoms with Gasteiger partial charge in [-0.15, -0.1) is 0 Å². The van der Waals surface area contributed by atoms with Gasteiger partial charge in [-0.1, -0.05) is 78.9 Å². The SMILES string of the molecule is CC(c1ccccc1)(c1ccc(C=O)cc1)c1ccc(C=O)cc1. The van der Waals surface area contributed by atoms with Gasteiger partial charge in [0.05, 0.1) is 0 Å². The van der Waals surface area contributed by atoms with Crippen LogP contribution >= 0.6 is 0 Å². The second-order valence-corrected chi connectivity index (χ2v) is 5.97. The van der Waals surface area contributed by atoms with E-state index in [-0.39, 0.29) is 5.41 Å². The molecule has 0 aliphatic heterocycles. The predicted octanol–water partition coefficient (Wildman–Crippen LogP) is 4.67. The molecule has 0 aliphatic carbocycles. The van der Waals surface area contributed by atoms with Crippen LogP contribution in [0.4, 0.5) is 0 Å². The minimum absolute atomic E-state index is 0.371. The number of hydrogen-bond acceptors (Lipinski definition) is 2. The smallest absolute Gasteiger partial charge is 0.150 e. The molecule has 0 bridgehead atoms. The average Bonchev–Trinajstić information content (AvgIpc) is 2.68. The van der Waals surface area contributed by atoms with Crippen LogP contribution in [0.15, 0.2) is 78.9 Å². The highest BCUT2D eigenvalue weighted by atomic mass is 16.1. The Hall–Kier alpha value is -3.00. The Morgan fingerprint density at radius 2 is 0.958 bits per heavy atom. The van der Waals surface area contributed by atoms with Crippen molar-refractivity contribution in [1.82, 2.24) is 0 Å². The molecular formula is C22H18O2. The van der Waals surface area contributed by atoms with E-state index in [0.717, 1.165) is 29.3 Å². The fraction of sp³-hybridized carbons (Fsp3) is 0.0909. The molecule has 2 nitrogen and oxygen atoms in total. The highest BCUT2D eigenvalue weighted by molar-refractivity contribution is 5.75. The lowest BCUT2D eigenvalue weighted by molar-refractivity contribution is 0.111. The highest BCUT2D eigenvalue weighted by Gasteiger charge is 2.30. The lowest BCUT2D eigenvalue weighted by Crippen LogP contribution is -2.25. The fourth-order valence-corrected chi connectivity index (χ4v) is 3.06. The quantitative estimate of drug-likeness (QED) is 0.507. The van der Waals surface area contributed by atoms with E-state index in [1.807, 2.05) is 66.7 Å². The number of carbonyl (C=O) groups is 2. The Bertz CT molecular complexity index is 780. The van der Waals surface area contributed by atoms with E-state index in [1.54, 1.807) is 0 Å². The Kier molecular flexibility index (Phi) is 4.39. The Balaban J connectivity index is 2.19. The molecule has 0 saturated carbocycles. The zero-order chi connectivity index (χ0) is 17.0. The molecule has 24 heavy (non-hydrogen) atoms. The third-order valence-corrected chi connectivity index (χ3v) is 4.60. The highest BCUT2D eigenvalue weighted by Crippen LogP contribution is 2.38. The van der Waals surface area contributed by atoms with E-state index in [1.165, 1.54) is 0 Å². The number of carbonyl (C=O) groups excluding carboxylic acids is 2. The summed E-state index contributed by atoms with van der Waals surface area (Å²) in [6.45, 7) is 2.16. The van der Waals surface area contributed by atoms with Crippen LogP contribution in [0.2, 0.25) is 0 Å². The number of benzene rings is 3. The van der Waals surface area contributed by atoms with Crippen molar-refractivity contribution in [3.8, 4) is 0 Å². The maximum atomic E-state index is 10.9. The third-order valence-electron chi connectivity index (χ3n) is 4.60. The minimum atomic E-state index is -0.371. The van der Waals surface area contributed by atoms with Crippen LogP contribution in [-0.2, 0) is 5.41 Å². The second-order valence-electron chi connectivity index (χ2n) is 5.97. The van der Waals surface area contributed by atoms with Crippen LogP contribution in [0.1, 0.15) is 44.3 Å². The average molecular weight is 314 g/mol. The van der Waals surface area contributed by atoms with E-state index in [2.05, 4.69) is 19.1 Å². The summed E-state index contributed by atoms with van der Waals surface area (Å²) in [6.07, 6.45) is 1.70. The summed E-state index contributed by atoms with van der Waals surface area (Å²) in [5.74, 6) is 0. The van der Waals surface area contributed by atoms with Gasteiger partial charge in [-0.25, -0.2) is 0 Å². The zero-order valence-electron chi connectivity index (χ0n) is 13.5. The monoisotopic (exact) mass is 314 g/mol. The summed E-state index contributed by atoms with van der Waals surface area (Å²) in [6, 6.07) is 25.5. The molecule has 0 radical (unpaired) electrons. The maximum absolute atomic E-state index is 10.9. The molecule has 0 spiro atoms. The van der Waals surface area contributed by atoms with Crippen LogP contribution < -0.4 is 0 Å². The van der Waals surface area contributed by atoms with Crippen molar-refractivity contribution in [1.29, 1.82) is 0 Å². The summed E-state index contributed by atoms with van der Waals surface area (Å²) >= 11 is 0. The van der Waals surface area contributed by atoms with Crippen molar-refractivity contribution in [2.45, 2.75) is 12.3 Å². The van der Waals surface area contributed by atoms with Crippen molar-refractivity contribution in [3.63, 3.8) is 0 Å². The lowest BCUT2D eigenvalue weighted by Gasteiger charge is -2.32. The van der Waals surface area contributed by atoms with E-state index in [9.17, 15) is 9.59 Å². The molecule has 0 amide bonds. The van der Waals surface area contributed by atoms with E-state index < -0.39 is 0 Å². The zero-order valence-corrected chi connectivity index (χ0v) is 13.5. The topological polar surface area (TPSA) is 34.1 Å². The van der Waals surface area contributed by atoms with Gasteiger partial charge in [-0.2, -0.15) is 0 Å². The van der Waals surface area contributed by atoms with E-state index in [4.69, 9.17) is 0 Å². The molecule has 0 fully saturated rings. The summed E-state index contributed by atoms with van der Waals surface area (Å²) in [5, 5.41) is 0. The van der Waals surface area contributed by atoms with E-state index >= 15 is 0 Å². The first-order valence-corrected chi connectivity index (χ1v) is 7.85. The van der Waals surface area contributed by atoms with E-state index in [0.29, 0.717) is 11.1 Å². The van der Waals surface area contributed by atoms with Crippen molar-refractivity contribution in [2.75, 3.05) is 0 Å². The van der Waals surface area contributed by atoms with Gasteiger partial charge >= 0.3 is 0 Å². The van der Waals surface area contributed by atoms with Crippen molar-refractivity contribution >= 4 is 12.6 Å². The predicted molar refractivity (Wildman–Crippen MR) is 95.7 cm³/mol. The third kappa shape index (κ3) is 2.79. The lowest BCUT2D eigenvalue weighted by atomic mass is 9.71. The van der Waals surface area contributed by atoms with Crippen molar-refractivity contribution in [3.05, 3.63) is 107 Å². The summed E-state index contributed by atoms with van der Waals surface area (Å²) in [4.78, 5) is 21.9. The van der Waals surface area contributed by atoms with Crippen LogP contribution in [0.5, 0.6) is 0 Å². The van der Waals surface area contributed by atoms with Gasteiger partial charge in [0.1, 0.15) is 12.6 Å². The molecule has 0 saturated heterocycles. The van der Waals surface area contributed by atoms with Gasteiger partial charge in [-0.3, -0.25) is 9.59 Å². The number of aldehydes is 2. The molecule has 0 atom stereocenters. The largest absolute Gasteiger partial charge is 0.298 e. The molecule has 0 heterocycles. The van der Waals surface area contributed by atoms with Crippen LogP contribution in [0.3, 0.4) is 0 Å². The molecule has 3 rings (SSSR count). The summed E-state index contributed by atoms with van der Waals surface area (Å²) < 4.78 is 0. The Morgan fingerprint density at radius 1 is 0.583 bits per heavy atom. The Labute approximate surface area is 141 Å². The molecule has 0 aliphatic rings. The van der Waals surface area contributed by atoms with Crippen LogP contribution in [-0.4, -0.2) is 12.6 Å². The molecule has 3 aromatic rings. The maximum Gasteiger partial charge on any atom is 0.150 e. The first kappa shape index (κ1) is 15.9.